The highest BCUT2D eigenvalue weighted by Gasteiger charge is 2.09. The predicted octanol–water partition coefficient (Wildman–Crippen LogP) is 1.75. The van der Waals surface area contributed by atoms with Crippen molar-refractivity contribution in [3.05, 3.63) is 11.6 Å². The van der Waals surface area contributed by atoms with E-state index >= 15 is 0 Å². The number of likely N-dealkylation sites (N-methyl/N-ethyl adjacent to an activating group) is 1. The lowest BCUT2D eigenvalue weighted by Gasteiger charge is -2.16. The van der Waals surface area contributed by atoms with E-state index in [1.165, 1.54) is 0 Å². The Labute approximate surface area is 80.0 Å². The lowest BCUT2D eigenvalue weighted by atomic mass is 10.1. The molecule has 0 radical (unpaired) electrons. The molecule has 0 aromatic rings. The van der Waals surface area contributed by atoms with Gasteiger partial charge in [-0.1, -0.05) is 19.4 Å². The fraction of sp³-hybridized carbons (Fsp3) is 0.700. The van der Waals surface area contributed by atoms with Gasteiger partial charge in [0.1, 0.15) is 0 Å². The maximum Gasteiger partial charge on any atom is 0.331 e. The molecule has 0 saturated carbocycles. The van der Waals surface area contributed by atoms with Crippen LogP contribution >= 0.6 is 0 Å². The van der Waals surface area contributed by atoms with Crippen molar-refractivity contribution in [3.63, 3.8) is 0 Å². The van der Waals surface area contributed by atoms with Crippen LogP contribution in [0.2, 0.25) is 0 Å². The smallest absolute Gasteiger partial charge is 0.331 e. The van der Waals surface area contributed by atoms with Gasteiger partial charge in [-0.15, -0.1) is 0 Å². The molecular formula is C10H19NO2. The highest BCUT2D eigenvalue weighted by atomic mass is 16.4. The summed E-state index contributed by atoms with van der Waals surface area (Å²) < 4.78 is 0. The van der Waals surface area contributed by atoms with Crippen LogP contribution in [-0.2, 0) is 4.79 Å². The second kappa shape index (κ2) is 5.75. The first-order valence-electron chi connectivity index (χ1n) is 4.59. The Morgan fingerprint density at radius 1 is 1.54 bits per heavy atom. The van der Waals surface area contributed by atoms with E-state index in [1.54, 1.807) is 0 Å². The molecule has 0 saturated heterocycles. The summed E-state index contributed by atoms with van der Waals surface area (Å²) in [6.07, 6.45) is 3.33. The number of nitrogens with zero attached hydrogens (tertiary/aromatic N) is 1. The van der Waals surface area contributed by atoms with Gasteiger partial charge in [0.15, 0.2) is 0 Å². The Bertz CT molecular complexity index is 197. The standard InChI is InChI=1S/C10H19NO2/c1-5-6-9(10(12)13)7-8(2)11(3)4/h7-8H,5-6H2,1-4H3,(H,12,13). The van der Waals surface area contributed by atoms with Crippen molar-refractivity contribution < 1.29 is 9.90 Å². The van der Waals surface area contributed by atoms with E-state index in [1.807, 2.05) is 38.9 Å². The van der Waals surface area contributed by atoms with Gasteiger partial charge in [0.05, 0.1) is 0 Å². The van der Waals surface area contributed by atoms with Crippen LogP contribution < -0.4 is 0 Å². The van der Waals surface area contributed by atoms with Gasteiger partial charge in [-0.25, -0.2) is 4.79 Å². The summed E-state index contributed by atoms with van der Waals surface area (Å²) in [7, 11) is 3.87. The Morgan fingerprint density at radius 3 is 2.38 bits per heavy atom. The zero-order valence-corrected chi connectivity index (χ0v) is 8.87. The van der Waals surface area contributed by atoms with Gasteiger partial charge >= 0.3 is 5.97 Å². The zero-order chi connectivity index (χ0) is 10.4. The highest BCUT2D eigenvalue weighted by molar-refractivity contribution is 5.86. The molecule has 0 aromatic carbocycles. The van der Waals surface area contributed by atoms with E-state index in [0.717, 1.165) is 6.42 Å². The average Bonchev–Trinajstić information content (AvgIpc) is 2.03. The number of carbonyl (C=O) groups is 1. The number of rotatable bonds is 5. The minimum Gasteiger partial charge on any atom is -0.478 e. The molecule has 0 heterocycles. The molecule has 76 valence electrons. The number of carboxylic acids is 1. The molecule has 0 spiro atoms. The van der Waals surface area contributed by atoms with Crippen molar-refractivity contribution in [2.45, 2.75) is 32.7 Å². The summed E-state index contributed by atoms with van der Waals surface area (Å²) in [4.78, 5) is 12.7. The largest absolute Gasteiger partial charge is 0.478 e. The molecule has 3 heteroatoms. The summed E-state index contributed by atoms with van der Waals surface area (Å²) in [6, 6.07) is 0.178. The zero-order valence-electron chi connectivity index (χ0n) is 8.87. The number of hydrogen-bond donors (Lipinski definition) is 1. The maximum atomic E-state index is 10.8. The lowest BCUT2D eigenvalue weighted by molar-refractivity contribution is -0.132. The molecular weight excluding hydrogens is 166 g/mol. The van der Waals surface area contributed by atoms with Crippen molar-refractivity contribution in [1.29, 1.82) is 0 Å². The summed E-state index contributed by atoms with van der Waals surface area (Å²) >= 11 is 0. The van der Waals surface area contributed by atoms with Gasteiger partial charge in [-0.3, -0.25) is 0 Å². The molecule has 0 fully saturated rings. The number of carboxylic acid groups (broad SMARTS) is 1. The van der Waals surface area contributed by atoms with Gasteiger partial charge in [0.25, 0.3) is 0 Å². The van der Waals surface area contributed by atoms with Crippen molar-refractivity contribution in [2.24, 2.45) is 0 Å². The first-order valence-corrected chi connectivity index (χ1v) is 4.59. The second-order valence-electron chi connectivity index (χ2n) is 3.45. The van der Waals surface area contributed by atoms with Gasteiger partial charge in [-0.2, -0.15) is 0 Å². The van der Waals surface area contributed by atoms with Gasteiger partial charge in [0, 0.05) is 11.6 Å². The fourth-order valence-electron chi connectivity index (χ4n) is 0.971. The topological polar surface area (TPSA) is 40.5 Å². The molecule has 3 nitrogen and oxygen atoms in total. The first-order chi connectivity index (χ1) is 5.99. The molecule has 0 rings (SSSR count). The van der Waals surface area contributed by atoms with Crippen molar-refractivity contribution in [3.8, 4) is 0 Å². The van der Waals surface area contributed by atoms with Crippen LogP contribution in [0.3, 0.4) is 0 Å². The van der Waals surface area contributed by atoms with Crippen LogP contribution in [0.25, 0.3) is 0 Å². The van der Waals surface area contributed by atoms with E-state index < -0.39 is 5.97 Å². The molecule has 1 unspecified atom stereocenters. The van der Waals surface area contributed by atoms with Gasteiger partial charge in [0.2, 0.25) is 0 Å². The highest BCUT2D eigenvalue weighted by Crippen LogP contribution is 2.08. The lowest BCUT2D eigenvalue weighted by Crippen LogP contribution is -2.23. The molecule has 1 N–H and O–H groups in total. The summed E-state index contributed by atoms with van der Waals surface area (Å²) in [5.74, 6) is -0.796. The van der Waals surface area contributed by atoms with E-state index in [2.05, 4.69) is 0 Å². The maximum absolute atomic E-state index is 10.8. The quantitative estimate of drug-likeness (QED) is 0.663. The van der Waals surface area contributed by atoms with E-state index in [9.17, 15) is 4.79 Å². The molecule has 0 bridgehead atoms. The predicted molar refractivity (Wildman–Crippen MR) is 53.8 cm³/mol. The third kappa shape index (κ3) is 4.68. The number of aliphatic carboxylic acids is 1. The van der Waals surface area contributed by atoms with E-state index in [0.29, 0.717) is 12.0 Å². The molecule has 1 atom stereocenters. The first kappa shape index (κ1) is 12.2. The van der Waals surface area contributed by atoms with Crippen molar-refractivity contribution >= 4 is 5.97 Å². The van der Waals surface area contributed by atoms with Crippen LogP contribution in [0.1, 0.15) is 26.7 Å². The Balaban J connectivity index is 4.43. The molecule has 0 amide bonds. The van der Waals surface area contributed by atoms with Crippen LogP contribution in [0.5, 0.6) is 0 Å². The summed E-state index contributed by atoms with van der Waals surface area (Å²) in [5, 5.41) is 8.85. The number of hydrogen-bond acceptors (Lipinski definition) is 2. The minimum absolute atomic E-state index is 0.178. The minimum atomic E-state index is -0.796. The molecule has 13 heavy (non-hydrogen) atoms. The fourth-order valence-corrected chi connectivity index (χ4v) is 0.971. The Hall–Kier alpha value is -0.830. The van der Waals surface area contributed by atoms with Crippen LogP contribution in [0, 0.1) is 0 Å². The molecule has 0 aliphatic rings. The van der Waals surface area contributed by atoms with Crippen LogP contribution in [-0.4, -0.2) is 36.1 Å². The average molecular weight is 185 g/mol. The molecule has 0 aliphatic heterocycles. The third-order valence-corrected chi connectivity index (χ3v) is 2.05. The van der Waals surface area contributed by atoms with Crippen molar-refractivity contribution in [1.82, 2.24) is 4.90 Å². The Kier molecular flexibility index (Phi) is 5.39. The molecule has 0 aromatic heterocycles. The Morgan fingerprint density at radius 2 is 2.08 bits per heavy atom. The normalized spacial score (nSPS) is 14.7. The third-order valence-electron chi connectivity index (χ3n) is 2.05. The molecule has 0 aliphatic carbocycles. The van der Waals surface area contributed by atoms with Crippen molar-refractivity contribution in [2.75, 3.05) is 14.1 Å². The summed E-state index contributed by atoms with van der Waals surface area (Å²) in [5.41, 5.74) is 0.517. The monoisotopic (exact) mass is 185 g/mol. The van der Waals surface area contributed by atoms with E-state index in [-0.39, 0.29) is 6.04 Å². The SMILES string of the molecule is CCCC(=CC(C)N(C)C)C(=O)O. The van der Waals surface area contributed by atoms with E-state index in [4.69, 9.17) is 5.11 Å². The van der Waals surface area contributed by atoms with Crippen LogP contribution in [0.15, 0.2) is 11.6 Å². The summed E-state index contributed by atoms with van der Waals surface area (Å²) in [6.45, 7) is 3.97. The van der Waals surface area contributed by atoms with Crippen LogP contribution in [0.4, 0.5) is 0 Å². The van der Waals surface area contributed by atoms with Gasteiger partial charge < -0.3 is 10.0 Å². The van der Waals surface area contributed by atoms with Gasteiger partial charge in [-0.05, 0) is 27.4 Å². The second-order valence-corrected chi connectivity index (χ2v) is 3.45.